The molecule has 0 saturated carbocycles. The molecule has 1 aliphatic rings. The highest BCUT2D eigenvalue weighted by atomic mass is 16.5. The fraction of sp³-hybridized carbons (Fsp3) is 0.533. The van der Waals surface area contributed by atoms with Crippen LogP contribution in [-0.2, 0) is 4.74 Å². The summed E-state index contributed by atoms with van der Waals surface area (Å²) in [5.41, 5.74) is 6.77. The maximum atomic E-state index is 12.2. The van der Waals surface area contributed by atoms with Crippen LogP contribution in [-0.4, -0.2) is 32.3 Å². The van der Waals surface area contributed by atoms with Crippen molar-refractivity contribution in [2.45, 2.75) is 25.9 Å². The molecular formula is C15H22N2O3. The Morgan fingerprint density at radius 2 is 2.35 bits per heavy atom. The number of carbonyl (C=O) groups excluding carboxylic acids is 1. The molecule has 0 aliphatic carbocycles. The number of nitrogens with two attached hydrogens (primary N) is 1. The zero-order valence-electron chi connectivity index (χ0n) is 12.0. The number of rotatable bonds is 5. The molecule has 1 aromatic carbocycles. The van der Waals surface area contributed by atoms with Crippen LogP contribution in [0.4, 0.5) is 5.69 Å². The van der Waals surface area contributed by atoms with Gasteiger partial charge in [-0.05, 0) is 25.0 Å². The molecule has 1 heterocycles. The minimum absolute atomic E-state index is 0.136. The Morgan fingerprint density at radius 3 is 3.05 bits per heavy atom. The number of amides is 1. The molecule has 2 rings (SSSR count). The Kier molecular flexibility index (Phi) is 4.84. The van der Waals surface area contributed by atoms with Crippen LogP contribution < -0.4 is 15.8 Å². The van der Waals surface area contributed by atoms with Crippen molar-refractivity contribution in [2.75, 3.05) is 26.0 Å². The van der Waals surface area contributed by atoms with E-state index in [0.717, 1.165) is 19.4 Å². The summed E-state index contributed by atoms with van der Waals surface area (Å²) in [4.78, 5) is 12.2. The Hall–Kier alpha value is -1.75. The highest BCUT2D eigenvalue weighted by Gasteiger charge is 2.27. The van der Waals surface area contributed by atoms with E-state index in [9.17, 15) is 4.79 Å². The molecule has 110 valence electrons. The second kappa shape index (κ2) is 6.61. The first-order valence-corrected chi connectivity index (χ1v) is 6.99. The molecule has 2 atom stereocenters. The van der Waals surface area contributed by atoms with E-state index in [2.05, 4.69) is 12.2 Å². The van der Waals surface area contributed by atoms with Crippen LogP contribution in [0.15, 0.2) is 18.2 Å². The standard InChI is InChI=1S/C15H22N2O3/c1-3-13-10(6-7-20-13)9-17-15(18)12-5-4-11(16)8-14(12)19-2/h4-5,8,10,13H,3,6-7,9,16H2,1-2H3,(H,17,18). The van der Waals surface area contributed by atoms with Crippen molar-refractivity contribution in [1.82, 2.24) is 5.32 Å². The first-order chi connectivity index (χ1) is 9.65. The Bertz CT molecular complexity index is 476. The molecule has 1 saturated heterocycles. The van der Waals surface area contributed by atoms with Crippen molar-refractivity contribution in [1.29, 1.82) is 0 Å². The summed E-state index contributed by atoms with van der Waals surface area (Å²) in [5, 5.41) is 2.96. The molecule has 0 aromatic heterocycles. The zero-order chi connectivity index (χ0) is 14.5. The molecule has 5 heteroatoms. The van der Waals surface area contributed by atoms with Crippen LogP contribution in [0.2, 0.25) is 0 Å². The smallest absolute Gasteiger partial charge is 0.255 e. The highest BCUT2D eigenvalue weighted by molar-refractivity contribution is 5.97. The normalized spacial score (nSPS) is 21.7. The largest absolute Gasteiger partial charge is 0.496 e. The average molecular weight is 278 g/mol. The third-order valence-corrected chi connectivity index (χ3v) is 3.74. The van der Waals surface area contributed by atoms with E-state index < -0.39 is 0 Å². The lowest BCUT2D eigenvalue weighted by molar-refractivity contribution is 0.0826. The highest BCUT2D eigenvalue weighted by Crippen LogP contribution is 2.24. The van der Waals surface area contributed by atoms with E-state index in [-0.39, 0.29) is 12.0 Å². The summed E-state index contributed by atoms with van der Waals surface area (Å²) >= 11 is 0. The van der Waals surface area contributed by atoms with Crippen molar-refractivity contribution in [3.8, 4) is 5.75 Å². The predicted molar refractivity (Wildman–Crippen MR) is 77.9 cm³/mol. The summed E-state index contributed by atoms with van der Waals surface area (Å²) in [6.07, 6.45) is 2.23. The van der Waals surface area contributed by atoms with Crippen LogP contribution in [0.25, 0.3) is 0 Å². The Morgan fingerprint density at radius 1 is 1.55 bits per heavy atom. The predicted octanol–water partition coefficient (Wildman–Crippen LogP) is 1.82. The van der Waals surface area contributed by atoms with Gasteiger partial charge in [0.05, 0.1) is 18.8 Å². The first-order valence-electron chi connectivity index (χ1n) is 6.99. The fourth-order valence-electron chi connectivity index (χ4n) is 2.59. The molecule has 3 N–H and O–H groups in total. The summed E-state index contributed by atoms with van der Waals surface area (Å²) in [6, 6.07) is 5.04. The lowest BCUT2D eigenvalue weighted by Crippen LogP contribution is -2.32. The van der Waals surface area contributed by atoms with Crippen molar-refractivity contribution in [2.24, 2.45) is 5.92 Å². The van der Waals surface area contributed by atoms with E-state index in [1.807, 2.05) is 0 Å². The maximum Gasteiger partial charge on any atom is 0.255 e. The average Bonchev–Trinajstić information content (AvgIpc) is 2.92. The van der Waals surface area contributed by atoms with E-state index in [0.29, 0.717) is 29.5 Å². The molecular weight excluding hydrogens is 256 g/mol. The number of nitrogen functional groups attached to an aromatic ring is 1. The molecule has 0 bridgehead atoms. The Labute approximate surface area is 119 Å². The summed E-state index contributed by atoms with van der Waals surface area (Å²) in [7, 11) is 1.53. The maximum absolute atomic E-state index is 12.2. The molecule has 1 aliphatic heterocycles. The summed E-state index contributed by atoms with van der Waals surface area (Å²) in [6.45, 7) is 3.52. The quantitative estimate of drug-likeness (QED) is 0.806. The van der Waals surface area contributed by atoms with Gasteiger partial charge < -0.3 is 20.5 Å². The van der Waals surface area contributed by atoms with Crippen LogP contribution in [0.5, 0.6) is 5.75 Å². The van der Waals surface area contributed by atoms with E-state index in [1.165, 1.54) is 7.11 Å². The molecule has 1 fully saturated rings. The number of nitrogens with one attached hydrogen (secondary N) is 1. The number of methoxy groups -OCH3 is 1. The zero-order valence-corrected chi connectivity index (χ0v) is 12.0. The molecule has 1 amide bonds. The molecule has 0 radical (unpaired) electrons. The van der Waals surface area contributed by atoms with Gasteiger partial charge in [-0.2, -0.15) is 0 Å². The van der Waals surface area contributed by atoms with E-state index in [4.69, 9.17) is 15.2 Å². The van der Waals surface area contributed by atoms with Gasteiger partial charge in [-0.15, -0.1) is 0 Å². The second-order valence-corrected chi connectivity index (χ2v) is 5.04. The van der Waals surface area contributed by atoms with E-state index >= 15 is 0 Å². The second-order valence-electron chi connectivity index (χ2n) is 5.04. The van der Waals surface area contributed by atoms with Crippen molar-refractivity contribution in [3.63, 3.8) is 0 Å². The number of anilines is 1. The van der Waals surface area contributed by atoms with E-state index in [1.54, 1.807) is 18.2 Å². The van der Waals surface area contributed by atoms with Crippen molar-refractivity contribution >= 4 is 11.6 Å². The van der Waals surface area contributed by atoms with Crippen LogP contribution in [0, 0.1) is 5.92 Å². The lowest BCUT2D eigenvalue weighted by Gasteiger charge is -2.17. The van der Waals surface area contributed by atoms with Gasteiger partial charge >= 0.3 is 0 Å². The van der Waals surface area contributed by atoms with Gasteiger partial charge in [0, 0.05) is 30.8 Å². The molecule has 20 heavy (non-hydrogen) atoms. The number of carbonyl (C=O) groups is 1. The van der Waals surface area contributed by atoms with Crippen LogP contribution in [0.1, 0.15) is 30.1 Å². The Balaban J connectivity index is 1.98. The topological polar surface area (TPSA) is 73.6 Å². The molecule has 5 nitrogen and oxygen atoms in total. The fourth-order valence-corrected chi connectivity index (χ4v) is 2.59. The number of hydrogen-bond donors (Lipinski definition) is 2. The third-order valence-electron chi connectivity index (χ3n) is 3.74. The van der Waals surface area contributed by atoms with Crippen LogP contribution in [0.3, 0.4) is 0 Å². The number of hydrogen-bond acceptors (Lipinski definition) is 4. The minimum atomic E-state index is -0.136. The van der Waals surface area contributed by atoms with Gasteiger partial charge in [-0.1, -0.05) is 6.92 Å². The summed E-state index contributed by atoms with van der Waals surface area (Å²) < 4.78 is 10.8. The van der Waals surface area contributed by atoms with Crippen molar-refractivity contribution in [3.05, 3.63) is 23.8 Å². The first kappa shape index (κ1) is 14.7. The van der Waals surface area contributed by atoms with Gasteiger partial charge in [0.2, 0.25) is 0 Å². The van der Waals surface area contributed by atoms with Crippen LogP contribution >= 0.6 is 0 Å². The number of benzene rings is 1. The van der Waals surface area contributed by atoms with Gasteiger partial charge in [-0.3, -0.25) is 4.79 Å². The monoisotopic (exact) mass is 278 g/mol. The van der Waals surface area contributed by atoms with Gasteiger partial charge in [0.15, 0.2) is 0 Å². The minimum Gasteiger partial charge on any atom is -0.496 e. The van der Waals surface area contributed by atoms with Gasteiger partial charge in [-0.25, -0.2) is 0 Å². The molecule has 2 unspecified atom stereocenters. The third kappa shape index (κ3) is 3.22. The summed E-state index contributed by atoms with van der Waals surface area (Å²) in [5.74, 6) is 0.754. The molecule has 1 aromatic rings. The van der Waals surface area contributed by atoms with Crippen molar-refractivity contribution < 1.29 is 14.3 Å². The molecule has 0 spiro atoms. The number of ether oxygens (including phenoxy) is 2. The SMILES string of the molecule is CCC1OCCC1CNC(=O)c1ccc(N)cc1OC. The van der Waals surface area contributed by atoms with Gasteiger partial charge in [0.1, 0.15) is 5.75 Å². The lowest BCUT2D eigenvalue weighted by atomic mass is 9.99. The van der Waals surface area contributed by atoms with Gasteiger partial charge in [0.25, 0.3) is 5.91 Å².